The second-order valence-electron chi connectivity index (χ2n) is 5.77. The number of hydrogen-bond donors (Lipinski definition) is 1. The Hall–Kier alpha value is -1.05. The van der Waals surface area contributed by atoms with Gasteiger partial charge in [-0.05, 0) is 44.4 Å². The molecule has 2 atom stereocenters. The summed E-state index contributed by atoms with van der Waals surface area (Å²) in [5, 5.41) is 9.13. The van der Waals surface area contributed by atoms with Crippen LogP contribution in [0.25, 0.3) is 0 Å². The van der Waals surface area contributed by atoms with Gasteiger partial charge in [0.2, 0.25) is 0 Å². The van der Waals surface area contributed by atoms with Gasteiger partial charge in [0, 0.05) is 11.5 Å². The molecule has 1 N–H and O–H groups in total. The van der Waals surface area contributed by atoms with E-state index in [0.29, 0.717) is 29.7 Å². The number of fused-ring (bicyclic) bond motifs is 1. The molecule has 0 amide bonds. The molecular formula is C15H22O2. The van der Waals surface area contributed by atoms with Crippen molar-refractivity contribution < 1.29 is 9.90 Å². The van der Waals surface area contributed by atoms with E-state index < -0.39 is 5.97 Å². The third-order valence-corrected chi connectivity index (χ3v) is 4.44. The van der Waals surface area contributed by atoms with Gasteiger partial charge in [0.1, 0.15) is 0 Å². The van der Waals surface area contributed by atoms with Gasteiger partial charge in [0.25, 0.3) is 0 Å². The van der Waals surface area contributed by atoms with E-state index in [1.165, 1.54) is 24.0 Å². The van der Waals surface area contributed by atoms with Crippen molar-refractivity contribution in [1.82, 2.24) is 0 Å². The fourth-order valence-corrected chi connectivity index (χ4v) is 3.37. The van der Waals surface area contributed by atoms with Crippen molar-refractivity contribution in [1.29, 1.82) is 0 Å². The molecule has 0 spiro atoms. The zero-order valence-electron chi connectivity index (χ0n) is 11.0. The number of aliphatic carboxylic acids is 1. The summed E-state index contributed by atoms with van der Waals surface area (Å²) in [5.41, 5.74) is 3.66. The smallest absolute Gasteiger partial charge is 0.331 e. The Balaban J connectivity index is 2.36. The van der Waals surface area contributed by atoms with Crippen LogP contribution in [0.2, 0.25) is 0 Å². The van der Waals surface area contributed by atoms with Crippen LogP contribution in [0.1, 0.15) is 46.5 Å². The highest BCUT2D eigenvalue weighted by molar-refractivity contribution is 5.87. The van der Waals surface area contributed by atoms with Crippen LogP contribution in [0.3, 0.4) is 0 Å². The molecule has 2 aliphatic carbocycles. The molecule has 17 heavy (non-hydrogen) atoms. The molecule has 2 aliphatic rings. The summed E-state index contributed by atoms with van der Waals surface area (Å²) >= 11 is 0. The van der Waals surface area contributed by atoms with Gasteiger partial charge in [-0.25, -0.2) is 4.79 Å². The van der Waals surface area contributed by atoms with Crippen LogP contribution in [0.15, 0.2) is 22.8 Å². The lowest BCUT2D eigenvalue weighted by Crippen LogP contribution is -2.28. The lowest BCUT2D eigenvalue weighted by atomic mass is 9.67. The van der Waals surface area contributed by atoms with Crippen LogP contribution in [-0.4, -0.2) is 11.1 Å². The first-order valence-corrected chi connectivity index (χ1v) is 6.63. The number of allylic oxidation sites excluding steroid dienone is 3. The third-order valence-electron chi connectivity index (χ3n) is 4.44. The Morgan fingerprint density at radius 3 is 2.65 bits per heavy atom. The van der Waals surface area contributed by atoms with Gasteiger partial charge in [0.05, 0.1) is 0 Å². The Bertz CT molecular complexity index is 388. The first-order valence-electron chi connectivity index (χ1n) is 6.63. The summed E-state index contributed by atoms with van der Waals surface area (Å²) < 4.78 is 0. The topological polar surface area (TPSA) is 37.3 Å². The standard InChI is InChI=1S/C15H22O2/c1-9(2)12-6-4-10(3)13-7-5-11(15(16)17)8-14(12)13/h8-9,12,14H,4-7H2,1-3H3,(H,16,17)/t12-,14-/m1/s1. The minimum Gasteiger partial charge on any atom is -0.478 e. The molecule has 0 unspecified atom stereocenters. The highest BCUT2D eigenvalue weighted by Gasteiger charge is 2.33. The number of rotatable bonds is 2. The van der Waals surface area contributed by atoms with Crippen LogP contribution in [-0.2, 0) is 4.79 Å². The summed E-state index contributed by atoms with van der Waals surface area (Å²) in [7, 11) is 0. The molecule has 2 nitrogen and oxygen atoms in total. The van der Waals surface area contributed by atoms with E-state index in [1.54, 1.807) is 0 Å². The molecule has 0 radical (unpaired) electrons. The van der Waals surface area contributed by atoms with Crippen LogP contribution >= 0.6 is 0 Å². The van der Waals surface area contributed by atoms with Crippen molar-refractivity contribution in [3.8, 4) is 0 Å². The van der Waals surface area contributed by atoms with Crippen molar-refractivity contribution in [2.45, 2.75) is 46.5 Å². The van der Waals surface area contributed by atoms with E-state index in [9.17, 15) is 4.79 Å². The van der Waals surface area contributed by atoms with Crippen molar-refractivity contribution in [3.05, 3.63) is 22.8 Å². The molecule has 2 rings (SSSR count). The van der Waals surface area contributed by atoms with E-state index >= 15 is 0 Å². The Morgan fingerprint density at radius 1 is 1.35 bits per heavy atom. The molecule has 0 saturated carbocycles. The quantitative estimate of drug-likeness (QED) is 0.738. The van der Waals surface area contributed by atoms with Crippen molar-refractivity contribution in [2.75, 3.05) is 0 Å². The van der Waals surface area contributed by atoms with Crippen molar-refractivity contribution in [3.63, 3.8) is 0 Å². The van der Waals surface area contributed by atoms with Gasteiger partial charge in [-0.3, -0.25) is 0 Å². The van der Waals surface area contributed by atoms with Gasteiger partial charge in [0.15, 0.2) is 0 Å². The predicted octanol–water partition coefficient (Wildman–Crippen LogP) is 3.79. The summed E-state index contributed by atoms with van der Waals surface area (Å²) in [6.07, 6.45) is 6.11. The second-order valence-corrected chi connectivity index (χ2v) is 5.77. The van der Waals surface area contributed by atoms with Gasteiger partial charge >= 0.3 is 5.97 Å². The van der Waals surface area contributed by atoms with Crippen LogP contribution in [0.5, 0.6) is 0 Å². The van der Waals surface area contributed by atoms with E-state index in [4.69, 9.17) is 5.11 Å². The molecule has 0 fully saturated rings. The number of hydrogen-bond acceptors (Lipinski definition) is 1. The fourth-order valence-electron chi connectivity index (χ4n) is 3.37. The van der Waals surface area contributed by atoms with E-state index in [1.807, 2.05) is 6.08 Å². The lowest BCUT2D eigenvalue weighted by molar-refractivity contribution is -0.132. The highest BCUT2D eigenvalue weighted by atomic mass is 16.4. The zero-order chi connectivity index (χ0) is 12.6. The molecule has 0 aliphatic heterocycles. The molecular weight excluding hydrogens is 212 g/mol. The maximum absolute atomic E-state index is 11.1. The molecule has 0 aromatic rings. The van der Waals surface area contributed by atoms with Gasteiger partial charge in [-0.15, -0.1) is 0 Å². The average Bonchev–Trinajstić information content (AvgIpc) is 2.28. The highest BCUT2D eigenvalue weighted by Crippen LogP contribution is 2.44. The van der Waals surface area contributed by atoms with Crippen molar-refractivity contribution in [2.24, 2.45) is 17.8 Å². The monoisotopic (exact) mass is 234 g/mol. The number of carbonyl (C=O) groups is 1. The van der Waals surface area contributed by atoms with E-state index in [2.05, 4.69) is 20.8 Å². The molecule has 0 aromatic heterocycles. The van der Waals surface area contributed by atoms with Crippen LogP contribution in [0.4, 0.5) is 0 Å². The number of carboxylic acid groups (broad SMARTS) is 1. The Labute approximate surface area is 103 Å². The zero-order valence-corrected chi connectivity index (χ0v) is 11.0. The average molecular weight is 234 g/mol. The predicted molar refractivity (Wildman–Crippen MR) is 68.7 cm³/mol. The van der Waals surface area contributed by atoms with Crippen molar-refractivity contribution >= 4 is 5.97 Å². The first-order chi connectivity index (χ1) is 8.00. The molecule has 0 bridgehead atoms. The van der Waals surface area contributed by atoms with E-state index in [0.717, 1.165) is 6.42 Å². The van der Waals surface area contributed by atoms with Crippen LogP contribution in [0, 0.1) is 17.8 Å². The Morgan fingerprint density at radius 2 is 2.06 bits per heavy atom. The normalized spacial score (nSPS) is 29.1. The summed E-state index contributed by atoms with van der Waals surface area (Å²) in [6.45, 7) is 6.73. The lowest BCUT2D eigenvalue weighted by Gasteiger charge is -2.38. The van der Waals surface area contributed by atoms with Gasteiger partial charge < -0.3 is 5.11 Å². The SMILES string of the molecule is CC1=C2CCC(C(=O)O)=C[C@@H]2[C@@H](C(C)C)CC1. The maximum Gasteiger partial charge on any atom is 0.331 e. The third kappa shape index (κ3) is 2.31. The van der Waals surface area contributed by atoms with E-state index in [-0.39, 0.29) is 0 Å². The maximum atomic E-state index is 11.1. The number of carboxylic acids is 1. The minimum absolute atomic E-state index is 0.392. The van der Waals surface area contributed by atoms with Gasteiger partial charge in [-0.1, -0.05) is 31.1 Å². The second kappa shape index (κ2) is 4.67. The molecule has 0 heterocycles. The van der Waals surface area contributed by atoms with Gasteiger partial charge in [-0.2, -0.15) is 0 Å². The first kappa shape index (κ1) is 12.4. The molecule has 94 valence electrons. The molecule has 0 saturated heterocycles. The summed E-state index contributed by atoms with van der Waals surface area (Å²) in [6, 6.07) is 0. The Kier molecular flexibility index (Phi) is 3.41. The molecule has 2 heteroatoms. The fraction of sp³-hybridized carbons (Fsp3) is 0.667. The largest absolute Gasteiger partial charge is 0.478 e. The summed E-state index contributed by atoms with van der Waals surface area (Å²) in [4.78, 5) is 11.1. The minimum atomic E-state index is -0.727. The summed E-state index contributed by atoms with van der Waals surface area (Å²) in [5.74, 6) is 0.925. The molecule has 0 aromatic carbocycles. The van der Waals surface area contributed by atoms with Crippen LogP contribution < -0.4 is 0 Å².